The number of nitrogens with zero attached hydrogens (tertiary/aromatic N) is 1. The van der Waals surface area contributed by atoms with Gasteiger partial charge in [0.1, 0.15) is 4.88 Å². The highest BCUT2D eigenvalue weighted by molar-refractivity contribution is 9.10. The van der Waals surface area contributed by atoms with E-state index < -0.39 is 0 Å². The molecule has 0 radical (unpaired) electrons. The molecule has 6 heteroatoms. The van der Waals surface area contributed by atoms with Crippen LogP contribution in [-0.2, 0) is 0 Å². The molecule has 116 valence electrons. The maximum atomic E-state index is 12.3. The largest absolute Gasteiger partial charge is 0.283 e. The van der Waals surface area contributed by atoms with Gasteiger partial charge >= 0.3 is 0 Å². The van der Waals surface area contributed by atoms with E-state index in [2.05, 4.69) is 26.5 Å². The first-order valence-corrected chi connectivity index (χ1v) is 8.82. The smallest absolute Gasteiger partial charge is 0.266 e. The third-order valence-corrected chi connectivity index (χ3v) is 5.53. The lowest BCUT2D eigenvalue weighted by molar-refractivity contribution is 0.0959. The monoisotopic (exact) mass is 406 g/mol. The Kier molecular flexibility index (Phi) is 4.80. The van der Waals surface area contributed by atoms with Crippen LogP contribution >= 0.6 is 38.9 Å². The number of hydrazone groups is 1. The molecule has 23 heavy (non-hydrogen) atoms. The Bertz CT molecular complexity index is 903. The van der Waals surface area contributed by atoms with Crippen LogP contribution in [0.3, 0.4) is 0 Å². The molecule has 0 fully saturated rings. The fourth-order valence-electron chi connectivity index (χ4n) is 2.10. The molecular weight excluding hydrogens is 396 g/mol. The molecule has 0 unspecified atom stereocenters. The fraction of sp³-hybridized carbons (Fsp3) is 0.0588. The Balaban J connectivity index is 1.81. The zero-order chi connectivity index (χ0) is 16.4. The highest BCUT2D eigenvalue weighted by Gasteiger charge is 2.16. The minimum atomic E-state index is -0.298. The van der Waals surface area contributed by atoms with Crippen molar-refractivity contribution in [3.05, 3.63) is 68.5 Å². The topological polar surface area (TPSA) is 41.5 Å². The van der Waals surface area contributed by atoms with Crippen LogP contribution in [0.4, 0.5) is 0 Å². The van der Waals surface area contributed by atoms with Gasteiger partial charge in [0.05, 0.1) is 10.7 Å². The minimum absolute atomic E-state index is 0.298. The number of benzene rings is 2. The van der Waals surface area contributed by atoms with Crippen molar-refractivity contribution in [1.82, 2.24) is 5.43 Å². The third kappa shape index (κ3) is 3.47. The third-order valence-electron chi connectivity index (χ3n) is 3.33. The number of nitrogens with one attached hydrogen (secondary N) is 1. The lowest BCUT2D eigenvalue weighted by Crippen LogP contribution is -2.18. The molecule has 2 aromatic carbocycles. The van der Waals surface area contributed by atoms with Crippen LogP contribution in [0.15, 0.2) is 58.1 Å². The summed E-state index contributed by atoms with van der Waals surface area (Å²) in [5, 5.41) is 5.52. The first-order valence-electron chi connectivity index (χ1n) is 6.84. The fourth-order valence-corrected chi connectivity index (χ4v) is 3.77. The minimum Gasteiger partial charge on any atom is -0.266 e. The van der Waals surface area contributed by atoms with E-state index in [1.54, 1.807) is 0 Å². The molecule has 1 heterocycles. The zero-order valence-corrected chi connectivity index (χ0v) is 15.3. The predicted molar refractivity (Wildman–Crippen MR) is 101 cm³/mol. The SMILES string of the molecule is CC(=NNC(=O)c1sc2ccccc2c1Cl)c1ccc(Br)cc1. The quantitative estimate of drug-likeness (QED) is 0.454. The maximum absolute atomic E-state index is 12.3. The molecule has 3 rings (SSSR count). The lowest BCUT2D eigenvalue weighted by atomic mass is 10.1. The highest BCUT2D eigenvalue weighted by Crippen LogP contribution is 2.34. The molecule has 0 saturated heterocycles. The van der Waals surface area contributed by atoms with Crippen molar-refractivity contribution >= 4 is 60.6 Å². The summed E-state index contributed by atoms with van der Waals surface area (Å²) < 4.78 is 1.98. The number of hydrogen-bond donors (Lipinski definition) is 1. The maximum Gasteiger partial charge on any atom is 0.283 e. The molecule has 0 saturated carbocycles. The Labute approximate surface area is 151 Å². The molecule has 0 aliphatic rings. The number of fused-ring (bicyclic) bond motifs is 1. The van der Waals surface area contributed by atoms with E-state index in [0.717, 1.165) is 25.8 Å². The van der Waals surface area contributed by atoms with Gasteiger partial charge in [-0.1, -0.05) is 57.9 Å². The van der Waals surface area contributed by atoms with E-state index in [1.165, 1.54) is 11.3 Å². The summed E-state index contributed by atoms with van der Waals surface area (Å²) in [5.74, 6) is -0.298. The molecule has 3 nitrogen and oxygen atoms in total. The summed E-state index contributed by atoms with van der Waals surface area (Å²) in [6, 6.07) is 15.4. The second kappa shape index (κ2) is 6.83. The van der Waals surface area contributed by atoms with Gasteiger partial charge < -0.3 is 0 Å². The van der Waals surface area contributed by atoms with Crippen LogP contribution in [-0.4, -0.2) is 11.6 Å². The number of amides is 1. The summed E-state index contributed by atoms with van der Waals surface area (Å²) in [5.41, 5.74) is 4.24. The molecule has 1 amide bonds. The Morgan fingerprint density at radius 1 is 1.17 bits per heavy atom. The standard InChI is InChI=1S/C17H12BrClN2OS/c1-10(11-6-8-12(18)9-7-11)20-21-17(22)16-15(19)13-4-2-3-5-14(13)23-16/h2-9H,1H3,(H,21,22). The van der Waals surface area contributed by atoms with E-state index >= 15 is 0 Å². The van der Waals surface area contributed by atoms with Crippen LogP contribution in [0.2, 0.25) is 5.02 Å². The summed E-state index contributed by atoms with van der Waals surface area (Å²) in [6.45, 7) is 1.84. The second-order valence-corrected chi connectivity index (χ2v) is 7.23. The summed E-state index contributed by atoms with van der Waals surface area (Å²) in [4.78, 5) is 12.8. The van der Waals surface area contributed by atoms with Crippen molar-refractivity contribution in [2.24, 2.45) is 5.10 Å². The van der Waals surface area contributed by atoms with Crippen LogP contribution in [0, 0.1) is 0 Å². The van der Waals surface area contributed by atoms with Crippen LogP contribution in [0.5, 0.6) is 0 Å². The van der Waals surface area contributed by atoms with Gasteiger partial charge in [0.25, 0.3) is 5.91 Å². The second-order valence-electron chi connectivity index (χ2n) is 4.89. The van der Waals surface area contributed by atoms with E-state index in [4.69, 9.17) is 11.6 Å². The molecule has 1 N–H and O–H groups in total. The Morgan fingerprint density at radius 3 is 2.57 bits per heavy atom. The van der Waals surface area contributed by atoms with Gasteiger partial charge in [-0.15, -0.1) is 11.3 Å². The number of hydrogen-bond acceptors (Lipinski definition) is 3. The molecule has 0 spiro atoms. The van der Waals surface area contributed by atoms with Gasteiger partial charge in [0, 0.05) is 14.6 Å². The Morgan fingerprint density at radius 2 is 1.87 bits per heavy atom. The molecule has 0 atom stereocenters. The Hall–Kier alpha value is -1.69. The zero-order valence-electron chi connectivity index (χ0n) is 12.1. The van der Waals surface area contributed by atoms with Crippen LogP contribution < -0.4 is 5.43 Å². The number of thiophene rings is 1. The molecular formula is C17H12BrClN2OS. The van der Waals surface area contributed by atoms with Crippen LogP contribution in [0.25, 0.3) is 10.1 Å². The number of halogens is 2. The van der Waals surface area contributed by atoms with Crippen molar-refractivity contribution in [2.45, 2.75) is 6.92 Å². The van der Waals surface area contributed by atoms with Gasteiger partial charge in [-0.25, -0.2) is 5.43 Å². The van der Waals surface area contributed by atoms with E-state index in [-0.39, 0.29) is 5.91 Å². The van der Waals surface area contributed by atoms with Crippen LogP contribution in [0.1, 0.15) is 22.2 Å². The van der Waals surface area contributed by atoms with Crippen molar-refractivity contribution in [3.8, 4) is 0 Å². The van der Waals surface area contributed by atoms with Crippen molar-refractivity contribution in [2.75, 3.05) is 0 Å². The molecule has 0 aliphatic carbocycles. The predicted octanol–water partition coefficient (Wildman–Crippen LogP) is 5.47. The molecule has 0 bridgehead atoms. The van der Waals surface area contributed by atoms with Crippen molar-refractivity contribution < 1.29 is 4.79 Å². The number of carbonyl (C=O) groups excluding carboxylic acids is 1. The molecule has 0 aliphatic heterocycles. The highest BCUT2D eigenvalue weighted by atomic mass is 79.9. The van der Waals surface area contributed by atoms with Crippen molar-refractivity contribution in [1.29, 1.82) is 0 Å². The number of rotatable bonds is 3. The molecule has 3 aromatic rings. The van der Waals surface area contributed by atoms with E-state index in [1.807, 2.05) is 55.5 Å². The average Bonchev–Trinajstić information content (AvgIpc) is 2.90. The average molecular weight is 408 g/mol. The van der Waals surface area contributed by atoms with Gasteiger partial charge in [-0.2, -0.15) is 5.10 Å². The van der Waals surface area contributed by atoms with E-state index in [0.29, 0.717) is 9.90 Å². The summed E-state index contributed by atoms with van der Waals surface area (Å²) >= 11 is 11.0. The van der Waals surface area contributed by atoms with Crippen molar-refractivity contribution in [3.63, 3.8) is 0 Å². The lowest BCUT2D eigenvalue weighted by Gasteiger charge is -2.02. The van der Waals surface area contributed by atoms with E-state index in [9.17, 15) is 4.79 Å². The number of carbonyl (C=O) groups is 1. The molecule has 1 aromatic heterocycles. The first kappa shape index (κ1) is 16.2. The van der Waals surface area contributed by atoms with Gasteiger partial charge in [-0.3, -0.25) is 4.79 Å². The normalized spacial score (nSPS) is 11.7. The van der Waals surface area contributed by atoms with Gasteiger partial charge in [0.15, 0.2) is 0 Å². The first-order chi connectivity index (χ1) is 11.1. The summed E-state index contributed by atoms with van der Waals surface area (Å²) in [6.07, 6.45) is 0. The van der Waals surface area contributed by atoms with Gasteiger partial charge in [0.2, 0.25) is 0 Å². The van der Waals surface area contributed by atoms with Gasteiger partial charge in [-0.05, 0) is 30.7 Å². The summed E-state index contributed by atoms with van der Waals surface area (Å²) in [7, 11) is 0.